The summed E-state index contributed by atoms with van der Waals surface area (Å²) in [7, 11) is 1.95. The molecule has 0 saturated heterocycles. The van der Waals surface area contributed by atoms with E-state index >= 15 is 0 Å². The molecule has 2 heterocycles. The van der Waals surface area contributed by atoms with Gasteiger partial charge in [0, 0.05) is 26.0 Å². The zero-order valence-electron chi connectivity index (χ0n) is 9.35. The summed E-state index contributed by atoms with van der Waals surface area (Å²) in [6.45, 7) is 0.508. The number of halogens is 1. The summed E-state index contributed by atoms with van der Waals surface area (Å²) in [6, 6.07) is 7.22. The van der Waals surface area contributed by atoms with Gasteiger partial charge in [-0.15, -0.1) is 0 Å². The minimum Gasteiger partial charge on any atom is -0.357 e. The van der Waals surface area contributed by atoms with Crippen molar-refractivity contribution in [2.45, 2.75) is 6.54 Å². The summed E-state index contributed by atoms with van der Waals surface area (Å²) in [5.74, 6) is -0.171. The molecule has 0 aliphatic rings. The number of nitrogens with zero attached hydrogens (tertiary/aromatic N) is 2. The Morgan fingerprint density at radius 1 is 1.47 bits per heavy atom. The normalized spacial score (nSPS) is 10.2. The van der Waals surface area contributed by atoms with Crippen molar-refractivity contribution < 1.29 is 4.79 Å². The molecule has 17 heavy (non-hydrogen) atoms. The van der Waals surface area contributed by atoms with Gasteiger partial charge in [0.1, 0.15) is 10.3 Å². The third-order valence-corrected chi connectivity index (χ3v) is 2.74. The Morgan fingerprint density at radius 3 is 2.94 bits per heavy atom. The first-order valence-corrected chi connectivity index (χ1v) is 5.96. The molecule has 0 saturated carbocycles. The van der Waals surface area contributed by atoms with Crippen LogP contribution < -0.4 is 5.32 Å². The molecule has 2 rings (SSSR count). The Kier molecular flexibility index (Phi) is 3.58. The zero-order valence-corrected chi connectivity index (χ0v) is 10.9. The maximum Gasteiger partial charge on any atom is 0.270 e. The first kappa shape index (κ1) is 11.9. The number of carbonyl (C=O) groups is 1. The highest BCUT2D eigenvalue weighted by Crippen LogP contribution is 2.06. The molecule has 1 amide bonds. The van der Waals surface area contributed by atoms with Crippen LogP contribution >= 0.6 is 15.9 Å². The fraction of sp³-hybridized carbons (Fsp3) is 0.167. The standard InChI is InChI=1S/C12H12BrN3O/c1-16-6-5-9(8-16)7-14-12(17)10-3-2-4-11(13)15-10/h2-6,8H,7H2,1H3,(H,14,17). The molecule has 0 bridgehead atoms. The van der Waals surface area contributed by atoms with Crippen LogP contribution in [0.5, 0.6) is 0 Å². The summed E-state index contributed by atoms with van der Waals surface area (Å²) < 4.78 is 2.60. The van der Waals surface area contributed by atoms with Gasteiger partial charge in [0.05, 0.1) is 0 Å². The van der Waals surface area contributed by atoms with E-state index in [0.717, 1.165) is 5.56 Å². The van der Waals surface area contributed by atoms with E-state index in [1.165, 1.54) is 0 Å². The number of nitrogens with one attached hydrogen (secondary N) is 1. The summed E-state index contributed by atoms with van der Waals surface area (Å²) in [6.07, 6.45) is 3.91. The van der Waals surface area contributed by atoms with Gasteiger partial charge < -0.3 is 9.88 Å². The van der Waals surface area contributed by atoms with E-state index in [4.69, 9.17) is 0 Å². The molecule has 0 aliphatic heterocycles. The van der Waals surface area contributed by atoms with Crippen LogP contribution in [0.1, 0.15) is 16.1 Å². The lowest BCUT2D eigenvalue weighted by molar-refractivity contribution is 0.0946. The molecule has 0 spiro atoms. The average molecular weight is 294 g/mol. The summed E-state index contributed by atoms with van der Waals surface area (Å²) >= 11 is 3.24. The van der Waals surface area contributed by atoms with E-state index in [9.17, 15) is 4.79 Å². The van der Waals surface area contributed by atoms with Crippen LogP contribution in [-0.4, -0.2) is 15.5 Å². The Balaban J connectivity index is 1.98. The van der Waals surface area contributed by atoms with Gasteiger partial charge in [0.2, 0.25) is 0 Å². The van der Waals surface area contributed by atoms with E-state index in [-0.39, 0.29) is 5.91 Å². The number of pyridine rings is 1. The lowest BCUT2D eigenvalue weighted by atomic mass is 10.3. The van der Waals surface area contributed by atoms with Crippen molar-refractivity contribution >= 4 is 21.8 Å². The van der Waals surface area contributed by atoms with Crippen LogP contribution in [0, 0.1) is 0 Å². The van der Waals surface area contributed by atoms with Crippen LogP contribution in [-0.2, 0) is 13.6 Å². The SMILES string of the molecule is Cn1ccc(CNC(=O)c2cccc(Br)n2)c1. The molecule has 88 valence electrons. The topological polar surface area (TPSA) is 46.9 Å². The van der Waals surface area contributed by atoms with Crippen molar-refractivity contribution in [3.05, 3.63) is 52.5 Å². The molecule has 2 aromatic heterocycles. The number of hydrogen-bond acceptors (Lipinski definition) is 2. The molecule has 0 aromatic carbocycles. The molecule has 0 fully saturated rings. The first-order valence-electron chi connectivity index (χ1n) is 5.17. The van der Waals surface area contributed by atoms with Gasteiger partial charge in [-0.2, -0.15) is 0 Å². The smallest absolute Gasteiger partial charge is 0.270 e. The maximum absolute atomic E-state index is 11.8. The highest BCUT2D eigenvalue weighted by Gasteiger charge is 2.07. The second-order valence-corrected chi connectivity index (χ2v) is 4.53. The number of carbonyl (C=O) groups excluding carboxylic acids is 1. The number of amides is 1. The molecule has 0 atom stereocenters. The highest BCUT2D eigenvalue weighted by molar-refractivity contribution is 9.10. The Morgan fingerprint density at radius 2 is 2.29 bits per heavy atom. The van der Waals surface area contributed by atoms with Crippen molar-refractivity contribution in [1.82, 2.24) is 14.9 Å². The van der Waals surface area contributed by atoms with E-state index in [0.29, 0.717) is 16.8 Å². The molecular formula is C12H12BrN3O. The molecule has 2 aromatic rings. The van der Waals surface area contributed by atoms with Crippen molar-refractivity contribution in [2.24, 2.45) is 7.05 Å². The van der Waals surface area contributed by atoms with E-state index in [2.05, 4.69) is 26.2 Å². The van der Waals surface area contributed by atoms with Gasteiger partial charge in [-0.3, -0.25) is 4.79 Å². The van der Waals surface area contributed by atoms with Gasteiger partial charge in [0.25, 0.3) is 5.91 Å². The van der Waals surface area contributed by atoms with Crippen LogP contribution in [0.2, 0.25) is 0 Å². The van der Waals surface area contributed by atoms with Crippen molar-refractivity contribution in [2.75, 3.05) is 0 Å². The Labute approximate surface area is 108 Å². The van der Waals surface area contributed by atoms with Crippen LogP contribution in [0.4, 0.5) is 0 Å². The van der Waals surface area contributed by atoms with E-state index in [1.54, 1.807) is 18.2 Å². The predicted octanol–water partition coefficient (Wildman–Crippen LogP) is 2.11. The number of hydrogen-bond donors (Lipinski definition) is 1. The van der Waals surface area contributed by atoms with E-state index in [1.807, 2.05) is 30.1 Å². The first-order chi connectivity index (χ1) is 8.15. The second-order valence-electron chi connectivity index (χ2n) is 3.71. The maximum atomic E-state index is 11.8. The molecule has 0 unspecified atom stereocenters. The zero-order chi connectivity index (χ0) is 12.3. The van der Waals surface area contributed by atoms with Gasteiger partial charge in [0.15, 0.2) is 0 Å². The summed E-state index contributed by atoms with van der Waals surface area (Å²) in [5, 5.41) is 2.82. The lowest BCUT2D eigenvalue weighted by Gasteiger charge is -2.03. The van der Waals surface area contributed by atoms with Gasteiger partial charge >= 0.3 is 0 Å². The van der Waals surface area contributed by atoms with Crippen molar-refractivity contribution in [3.63, 3.8) is 0 Å². The number of aryl methyl sites for hydroxylation is 1. The lowest BCUT2D eigenvalue weighted by Crippen LogP contribution is -2.23. The minimum atomic E-state index is -0.171. The molecule has 4 nitrogen and oxygen atoms in total. The Hall–Kier alpha value is -1.62. The summed E-state index contributed by atoms with van der Waals surface area (Å²) in [5.41, 5.74) is 1.48. The van der Waals surface area contributed by atoms with Gasteiger partial charge in [-0.25, -0.2) is 4.98 Å². The molecule has 1 N–H and O–H groups in total. The van der Waals surface area contributed by atoms with Crippen LogP contribution in [0.25, 0.3) is 0 Å². The van der Waals surface area contributed by atoms with Crippen molar-refractivity contribution in [1.29, 1.82) is 0 Å². The molecule has 5 heteroatoms. The van der Waals surface area contributed by atoms with Crippen LogP contribution in [0.3, 0.4) is 0 Å². The number of rotatable bonds is 3. The molecule has 0 radical (unpaired) electrons. The molecule has 0 aliphatic carbocycles. The second kappa shape index (κ2) is 5.14. The average Bonchev–Trinajstić information content (AvgIpc) is 2.72. The van der Waals surface area contributed by atoms with Gasteiger partial charge in [-0.05, 0) is 39.7 Å². The molecular weight excluding hydrogens is 282 g/mol. The fourth-order valence-corrected chi connectivity index (χ4v) is 1.82. The highest BCUT2D eigenvalue weighted by atomic mass is 79.9. The quantitative estimate of drug-likeness (QED) is 0.881. The largest absolute Gasteiger partial charge is 0.357 e. The number of aromatic nitrogens is 2. The van der Waals surface area contributed by atoms with Gasteiger partial charge in [-0.1, -0.05) is 6.07 Å². The summed E-state index contributed by atoms with van der Waals surface area (Å²) in [4.78, 5) is 15.9. The van der Waals surface area contributed by atoms with Crippen LogP contribution in [0.15, 0.2) is 41.3 Å². The fourth-order valence-electron chi connectivity index (χ4n) is 1.47. The van der Waals surface area contributed by atoms with Crippen molar-refractivity contribution in [3.8, 4) is 0 Å². The third kappa shape index (κ3) is 3.17. The van der Waals surface area contributed by atoms with E-state index < -0.39 is 0 Å². The Bertz CT molecular complexity index is 536. The predicted molar refractivity (Wildman–Crippen MR) is 68.5 cm³/mol. The monoisotopic (exact) mass is 293 g/mol. The minimum absolute atomic E-state index is 0.171. The third-order valence-electron chi connectivity index (χ3n) is 2.29.